The summed E-state index contributed by atoms with van der Waals surface area (Å²) in [5.74, 6) is -0.154. The van der Waals surface area contributed by atoms with Crippen molar-refractivity contribution in [3.8, 4) is 0 Å². The molecule has 2 rings (SSSR count). The number of hydrogen-bond acceptors (Lipinski definition) is 2. The zero-order chi connectivity index (χ0) is 12.3. The number of para-hydroxylation sites is 2. The van der Waals surface area contributed by atoms with Gasteiger partial charge in [-0.3, -0.25) is 4.79 Å². The van der Waals surface area contributed by atoms with Crippen LogP contribution in [0.25, 0.3) is 0 Å². The molecule has 1 aliphatic rings. The van der Waals surface area contributed by atoms with Gasteiger partial charge in [-0.15, -0.1) is 11.6 Å². The predicted octanol–water partition coefficient (Wildman–Crippen LogP) is 2.85. The van der Waals surface area contributed by atoms with E-state index in [1.165, 1.54) is 12.8 Å². The van der Waals surface area contributed by atoms with E-state index in [-0.39, 0.29) is 5.91 Å². The molecule has 1 heterocycles. The SMILES string of the molecule is C[C@H](Cl)C(=O)Nc1ccccc1N1CCCC1. The first-order valence-electron chi connectivity index (χ1n) is 5.97. The molecule has 1 fully saturated rings. The van der Waals surface area contributed by atoms with Gasteiger partial charge in [0, 0.05) is 13.1 Å². The highest BCUT2D eigenvalue weighted by Gasteiger charge is 2.17. The minimum atomic E-state index is -0.512. The molecule has 0 aromatic heterocycles. The molecule has 0 saturated carbocycles. The second-order valence-corrected chi connectivity index (χ2v) is 4.97. The van der Waals surface area contributed by atoms with E-state index < -0.39 is 5.38 Å². The molecule has 1 saturated heterocycles. The van der Waals surface area contributed by atoms with E-state index in [9.17, 15) is 4.79 Å². The standard InChI is InChI=1S/C13H17ClN2O/c1-10(14)13(17)15-11-6-2-3-7-12(11)16-8-4-5-9-16/h2-3,6-7,10H,4-5,8-9H2,1H3,(H,15,17)/t10-/m0/s1. The minimum Gasteiger partial charge on any atom is -0.370 e. The third kappa shape index (κ3) is 2.91. The van der Waals surface area contributed by atoms with E-state index >= 15 is 0 Å². The highest BCUT2D eigenvalue weighted by Crippen LogP contribution is 2.28. The second-order valence-electron chi connectivity index (χ2n) is 4.32. The van der Waals surface area contributed by atoms with E-state index in [2.05, 4.69) is 10.2 Å². The van der Waals surface area contributed by atoms with Gasteiger partial charge >= 0.3 is 0 Å². The maximum atomic E-state index is 11.6. The van der Waals surface area contributed by atoms with Crippen molar-refractivity contribution in [1.29, 1.82) is 0 Å². The normalized spacial score (nSPS) is 16.9. The van der Waals surface area contributed by atoms with Crippen LogP contribution in [0.15, 0.2) is 24.3 Å². The third-order valence-electron chi connectivity index (χ3n) is 2.97. The molecule has 0 bridgehead atoms. The van der Waals surface area contributed by atoms with E-state index in [1.807, 2.05) is 24.3 Å². The quantitative estimate of drug-likeness (QED) is 0.839. The van der Waals surface area contributed by atoms with Crippen LogP contribution in [0, 0.1) is 0 Å². The van der Waals surface area contributed by atoms with Crippen LogP contribution in [0.3, 0.4) is 0 Å². The fourth-order valence-corrected chi connectivity index (χ4v) is 2.10. The van der Waals surface area contributed by atoms with Crippen LogP contribution in [0.2, 0.25) is 0 Å². The van der Waals surface area contributed by atoms with Gasteiger partial charge in [-0.05, 0) is 31.9 Å². The van der Waals surface area contributed by atoms with Crippen LogP contribution < -0.4 is 10.2 Å². The van der Waals surface area contributed by atoms with Crippen LogP contribution in [0.5, 0.6) is 0 Å². The smallest absolute Gasteiger partial charge is 0.242 e. The molecule has 4 heteroatoms. The Morgan fingerprint density at radius 2 is 2.00 bits per heavy atom. The van der Waals surface area contributed by atoms with Crippen LogP contribution in [0.4, 0.5) is 11.4 Å². The van der Waals surface area contributed by atoms with Gasteiger partial charge in [-0.2, -0.15) is 0 Å². The zero-order valence-corrected chi connectivity index (χ0v) is 10.7. The highest BCUT2D eigenvalue weighted by molar-refractivity contribution is 6.32. The third-order valence-corrected chi connectivity index (χ3v) is 3.17. The number of nitrogens with one attached hydrogen (secondary N) is 1. The summed E-state index contributed by atoms with van der Waals surface area (Å²) in [5, 5.41) is 2.36. The molecular formula is C13H17ClN2O. The summed E-state index contributed by atoms with van der Waals surface area (Å²) in [5.41, 5.74) is 1.95. The minimum absolute atomic E-state index is 0.154. The molecule has 92 valence electrons. The van der Waals surface area contributed by atoms with Gasteiger partial charge in [0.25, 0.3) is 0 Å². The van der Waals surface area contributed by atoms with E-state index in [0.29, 0.717) is 0 Å². The molecule has 0 spiro atoms. The summed E-state index contributed by atoms with van der Waals surface area (Å²) < 4.78 is 0. The first kappa shape index (κ1) is 12.2. The maximum Gasteiger partial charge on any atom is 0.242 e. The van der Waals surface area contributed by atoms with Gasteiger partial charge in [0.1, 0.15) is 5.38 Å². The molecule has 1 aromatic carbocycles. The summed E-state index contributed by atoms with van der Waals surface area (Å²) in [6.45, 7) is 3.79. The van der Waals surface area contributed by atoms with Gasteiger partial charge in [0.2, 0.25) is 5.91 Å². The molecule has 1 aromatic rings. The number of hydrogen-bond donors (Lipinski definition) is 1. The lowest BCUT2D eigenvalue weighted by Crippen LogP contribution is -2.24. The first-order chi connectivity index (χ1) is 8.18. The molecule has 0 aliphatic carbocycles. The Balaban J connectivity index is 2.18. The average molecular weight is 253 g/mol. The van der Waals surface area contributed by atoms with Crippen LogP contribution in [-0.2, 0) is 4.79 Å². The number of alkyl halides is 1. The number of carbonyl (C=O) groups is 1. The van der Waals surface area contributed by atoms with Gasteiger partial charge in [0.15, 0.2) is 0 Å². The van der Waals surface area contributed by atoms with Crippen molar-refractivity contribution in [3.63, 3.8) is 0 Å². The largest absolute Gasteiger partial charge is 0.370 e. The van der Waals surface area contributed by atoms with Gasteiger partial charge in [-0.1, -0.05) is 12.1 Å². The molecule has 0 radical (unpaired) electrons. The Morgan fingerprint density at radius 3 is 2.65 bits per heavy atom. The van der Waals surface area contributed by atoms with Gasteiger partial charge in [0.05, 0.1) is 11.4 Å². The van der Waals surface area contributed by atoms with E-state index in [0.717, 1.165) is 24.5 Å². The molecule has 3 nitrogen and oxygen atoms in total. The van der Waals surface area contributed by atoms with Crippen molar-refractivity contribution < 1.29 is 4.79 Å². The summed E-state index contributed by atoms with van der Waals surface area (Å²) in [6, 6.07) is 7.88. The van der Waals surface area contributed by atoms with Crippen molar-refractivity contribution >= 4 is 28.9 Å². The van der Waals surface area contributed by atoms with E-state index in [1.54, 1.807) is 6.92 Å². The Labute approximate surface area is 107 Å². The lowest BCUT2D eigenvalue weighted by atomic mass is 10.2. The van der Waals surface area contributed by atoms with E-state index in [4.69, 9.17) is 11.6 Å². The fraction of sp³-hybridized carbons (Fsp3) is 0.462. The van der Waals surface area contributed by atoms with Gasteiger partial charge < -0.3 is 10.2 Å². The Bertz CT molecular complexity index is 400. The molecular weight excluding hydrogens is 236 g/mol. The topological polar surface area (TPSA) is 32.3 Å². The molecule has 1 N–H and O–H groups in total. The van der Waals surface area contributed by atoms with Crippen molar-refractivity contribution in [2.24, 2.45) is 0 Å². The van der Waals surface area contributed by atoms with Gasteiger partial charge in [-0.25, -0.2) is 0 Å². The van der Waals surface area contributed by atoms with Crippen LogP contribution >= 0.6 is 11.6 Å². The summed E-state index contributed by atoms with van der Waals surface area (Å²) >= 11 is 5.76. The number of rotatable bonds is 3. The number of halogens is 1. The number of carbonyl (C=O) groups excluding carboxylic acids is 1. The lowest BCUT2D eigenvalue weighted by Gasteiger charge is -2.21. The first-order valence-corrected chi connectivity index (χ1v) is 6.41. The number of anilines is 2. The maximum absolute atomic E-state index is 11.6. The lowest BCUT2D eigenvalue weighted by molar-refractivity contribution is -0.115. The summed E-state index contributed by atoms with van der Waals surface area (Å²) in [6.07, 6.45) is 2.43. The molecule has 1 aliphatic heterocycles. The predicted molar refractivity (Wildman–Crippen MR) is 71.8 cm³/mol. The summed E-state index contributed by atoms with van der Waals surface area (Å²) in [4.78, 5) is 13.9. The molecule has 1 amide bonds. The van der Waals surface area contributed by atoms with Crippen LogP contribution in [-0.4, -0.2) is 24.4 Å². The Morgan fingerprint density at radius 1 is 1.35 bits per heavy atom. The zero-order valence-electron chi connectivity index (χ0n) is 9.95. The molecule has 1 atom stereocenters. The van der Waals surface area contributed by atoms with Crippen molar-refractivity contribution in [2.45, 2.75) is 25.1 Å². The monoisotopic (exact) mass is 252 g/mol. The average Bonchev–Trinajstić information content (AvgIpc) is 2.83. The van der Waals surface area contributed by atoms with Crippen LogP contribution in [0.1, 0.15) is 19.8 Å². The van der Waals surface area contributed by atoms with Crippen molar-refractivity contribution in [3.05, 3.63) is 24.3 Å². The number of nitrogens with zero attached hydrogens (tertiary/aromatic N) is 1. The van der Waals surface area contributed by atoms with Crippen molar-refractivity contribution in [1.82, 2.24) is 0 Å². The van der Waals surface area contributed by atoms with Crippen molar-refractivity contribution in [2.75, 3.05) is 23.3 Å². The highest BCUT2D eigenvalue weighted by atomic mass is 35.5. The Kier molecular flexibility index (Phi) is 3.89. The second kappa shape index (κ2) is 5.41. The summed E-state index contributed by atoms with van der Waals surface area (Å²) in [7, 11) is 0. The fourth-order valence-electron chi connectivity index (χ4n) is 2.05. The number of benzene rings is 1. The number of amides is 1. The molecule has 17 heavy (non-hydrogen) atoms. The Hall–Kier alpha value is -1.22. The molecule has 0 unspecified atom stereocenters.